The van der Waals surface area contributed by atoms with E-state index in [-0.39, 0.29) is 77.9 Å². The molecule has 0 fully saturated rings. The van der Waals surface area contributed by atoms with Crippen LogP contribution in [0.25, 0.3) is 55.8 Å². The maximum absolute atomic E-state index is 12.7. The number of aromatic nitrogens is 10. The molecule has 568 valence electrons. The van der Waals surface area contributed by atoms with Gasteiger partial charge in [0.1, 0.15) is 33.9 Å². The van der Waals surface area contributed by atoms with Crippen LogP contribution in [0.4, 0.5) is 71.9 Å². The summed E-state index contributed by atoms with van der Waals surface area (Å²) in [7, 11) is 7.75. The van der Waals surface area contributed by atoms with E-state index in [1.807, 2.05) is 6.07 Å². The Hall–Kier alpha value is -12.9. The Labute approximate surface area is 655 Å². The largest absolute Gasteiger partial charge is 0.423 e. The molecule has 5 aromatic carbocycles. The monoisotopic (exact) mass is 1630 g/mol. The van der Waals surface area contributed by atoms with Crippen LogP contribution in [0.1, 0.15) is 64.9 Å². The summed E-state index contributed by atoms with van der Waals surface area (Å²) in [6, 6.07) is 38.5. The summed E-state index contributed by atoms with van der Waals surface area (Å²) in [6.07, 6.45) is 2.38. The number of oxazole rings is 5. The first-order valence-electron chi connectivity index (χ1n) is 31.7. The number of nitrogens with one attached hydrogen (secondary N) is 10. The van der Waals surface area contributed by atoms with Gasteiger partial charge >= 0.3 is 30.2 Å². The molecule has 0 unspecified atom stereocenters. The second-order valence-electron chi connectivity index (χ2n) is 22.1. The molecule has 10 heterocycles. The number of benzene rings is 5. The van der Waals surface area contributed by atoms with Gasteiger partial charge in [-0.2, -0.15) is 38.1 Å². The molecule has 0 aliphatic carbocycles. The average molecular weight is 1630 g/mol. The number of rotatable bonds is 15. The molecule has 0 bridgehead atoms. The van der Waals surface area contributed by atoms with E-state index in [4.69, 9.17) is 91.7 Å². The number of hydrogen-bond donors (Lipinski definition) is 10. The van der Waals surface area contributed by atoms with Crippen molar-refractivity contribution in [1.82, 2.24) is 76.4 Å². The van der Waals surface area contributed by atoms with E-state index in [1.54, 1.807) is 168 Å². The molecule has 0 atom stereocenters. The number of carbonyl (C=O) groups excluding carboxylic acids is 5. The molecule has 0 radical (unpaired) electrons. The number of halogens is 9. The first-order chi connectivity index (χ1) is 52.8. The fourth-order valence-corrected chi connectivity index (χ4v) is 10.4. The summed E-state index contributed by atoms with van der Waals surface area (Å²) in [5, 5.41) is 29.6. The van der Waals surface area contributed by atoms with Crippen molar-refractivity contribution >= 4 is 214 Å². The Morgan fingerprint density at radius 1 is 0.351 bits per heavy atom. The summed E-state index contributed by atoms with van der Waals surface area (Å²) in [6.45, 7) is 0. The minimum absolute atomic E-state index is 0. The maximum Gasteiger partial charge on any atom is 0.418 e. The van der Waals surface area contributed by atoms with E-state index in [2.05, 4.69) is 103 Å². The van der Waals surface area contributed by atoms with Crippen molar-refractivity contribution in [1.29, 1.82) is 0 Å². The van der Waals surface area contributed by atoms with Crippen LogP contribution in [-0.2, 0) is 6.18 Å². The number of carbonyl (C=O) groups is 5. The van der Waals surface area contributed by atoms with Crippen molar-refractivity contribution in [3.63, 3.8) is 0 Å². The van der Waals surface area contributed by atoms with E-state index in [1.165, 1.54) is 19.4 Å². The van der Waals surface area contributed by atoms with Crippen molar-refractivity contribution in [2.75, 3.05) is 61.8 Å². The molecule has 15 rings (SSSR count). The topological polar surface area (TPSA) is 400 Å². The Bertz CT molecular complexity index is 5430. The van der Waals surface area contributed by atoms with Crippen molar-refractivity contribution in [2.24, 2.45) is 0 Å². The third kappa shape index (κ3) is 20.9. The lowest BCUT2D eigenvalue weighted by Gasteiger charge is -2.04. The third-order valence-corrected chi connectivity index (χ3v) is 16.8. The zero-order valence-corrected chi connectivity index (χ0v) is 61.7. The molecule has 111 heavy (non-hydrogen) atoms. The molecule has 0 saturated carbocycles. The van der Waals surface area contributed by atoms with Crippen LogP contribution in [0.5, 0.6) is 0 Å². The Balaban J connectivity index is 0.000000147. The van der Waals surface area contributed by atoms with Crippen molar-refractivity contribution in [3.05, 3.63) is 234 Å². The minimum Gasteiger partial charge on any atom is -0.423 e. The third-order valence-electron chi connectivity index (χ3n) is 14.6. The minimum atomic E-state index is -4.51. The fourth-order valence-electron chi connectivity index (χ4n) is 9.46. The Morgan fingerprint density at radius 2 is 0.775 bits per heavy atom. The first kappa shape index (κ1) is 80.6. The average Bonchev–Trinajstić information content (AvgIpc) is 1.70. The molecule has 39 heteroatoms. The van der Waals surface area contributed by atoms with Crippen molar-refractivity contribution in [2.45, 2.75) is 13.6 Å². The zero-order chi connectivity index (χ0) is 78.3. The smallest absolute Gasteiger partial charge is 0.418 e. The van der Waals surface area contributed by atoms with Crippen LogP contribution in [-0.4, -0.2) is 115 Å². The second kappa shape index (κ2) is 36.3. The lowest BCUT2D eigenvalue weighted by atomic mass is 10.2. The SMILES string of the molecule is C.CNC(=O)c1cccc(Nc2nc3cc(Cl)c(Cl)cc3o2)n1.CNC(=O)c1cccc(Nc2nc3ncc(C(F)(F)F)cc3o2)c1.CNC(=O)c1cccc(Nc2nc3ncccc3o2)c1.CNC(=O)c1ccnc(Nc2nc3cc(Cl)c(Cl)cc3o2)c1.CNC(=O)c1cncc(Nc2nc3cc(Cl)c(Cl)cc3o2)c1. The van der Waals surface area contributed by atoms with Gasteiger partial charge in [0, 0.05) is 106 Å². The molecule has 0 aliphatic heterocycles. The predicted molar refractivity (Wildman–Crippen MR) is 416 cm³/mol. The summed E-state index contributed by atoms with van der Waals surface area (Å²) in [5.41, 5.74) is 7.37. The molecule has 0 spiro atoms. The van der Waals surface area contributed by atoms with Crippen LogP contribution in [0, 0.1) is 0 Å². The standard InChI is InChI=1S/C15H11F3N4O2.3C14H10Cl2N4O2.C14H12N4O2.CH4/c1-19-13(23)8-3-2-4-10(5-8)21-14-22-12-11(24-14)6-9(7-20-12)15(16,17)18;1-17-13(21)7-2-8(6-18-5-7)19-14-20-11-3-9(15)10(16)4-12(11)22-14;1-17-13(21)7-2-3-18-12(4-7)20-14-19-10-5-8(15)9(16)6-11(10)22-14;1-17-13(21)9-3-2-4-12(18-9)20-14-19-10-5-7(15)8(16)6-11(10)22-14;1-15-13(19)9-4-2-5-10(8-9)17-14-18-12-11(20-14)6-3-7-16-12;/h2-7H,1H3,(H,19,23)(H,20,21,22);2-6H,1H3,(H,17,21)(H,19,20);2*2-6H,1H3,(H,17,21)(H,18,19,20);2-8H,1H3,(H,15,19)(H,16,17,18);1H4. The number of anilines is 10. The molecule has 10 aromatic heterocycles. The van der Waals surface area contributed by atoms with Crippen LogP contribution in [0.2, 0.25) is 30.1 Å². The Kier molecular flexibility index (Phi) is 26.4. The van der Waals surface area contributed by atoms with Gasteiger partial charge in [-0.05, 0) is 103 Å². The van der Waals surface area contributed by atoms with E-state index in [0.717, 1.165) is 11.8 Å². The highest BCUT2D eigenvalue weighted by Crippen LogP contribution is 2.35. The quantitative estimate of drug-likeness (QED) is 0.0456. The van der Waals surface area contributed by atoms with Gasteiger partial charge in [0.25, 0.3) is 35.6 Å². The second-order valence-corrected chi connectivity index (χ2v) is 24.6. The van der Waals surface area contributed by atoms with Gasteiger partial charge in [0.2, 0.25) is 11.3 Å². The molecule has 10 N–H and O–H groups in total. The van der Waals surface area contributed by atoms with Crippen molar-refractivity contribution in [3.8, 4) is 0 Å². The lowest BCUT2D eigenvalue weighted by molar-refractivity contribution is -0.137. The van der Waals surface area contributed by atoms with E-state index < -0.39 is 11.7 Å². The van der Waals surface area contributed by atoms with Crippen LogP contribution < -0.4 is 53.2 Å². The molecule has 0 saturated heterocycles. The van der Waals surface area contributed by atoms with Crippen LogP contribution >= 0.6 is 69.6 Å². The normalized spacial score (nSPS) is 10.7. The molecular formula is C72H57Cl6F3N20O10. The Morgan fingerprint density at radius 3 is 1.28 bits per heavy atom. The maximum atomic E-state index is 12.7. The van der Waals surface area contributed by atoms with Gasteiger partial charge < -0.3 is 64.6 Å². The number of pyridine rings is 5. The number of fused-ring (bicyclic) bond motifs is 5. The molecular weight excluding hydrogens is 1570 g/mol. The summed E-state index contributed by atoms with van der Waals surface area (Å²) in [4.78, 5) is 98.9. The van der Waals surface area contributed by atoms with Gasteiger partial charge in [0.15, 0.2) is 27.9 Å². The lowest BCUT2D eigenvalue weighted by Crippen LogP contribution is -2.19. The molecule has 5 amide bonds. The van der Waals surface area contributed by atoms with Gasteiger partial charge in [0.05, 0.1) is 53.1 Å². The summed E-state index contributed by atoms with van der Waals surface area (Å²) >= 11 is 35.6. The number of nitrogens with zero attached hydrogens (tertiary/aromatic N) is 10. The number of alkyl halides is 3. The predicted octanol–water partition coefficient (Wildman–Crippen LogP) is 17.2. The highest BCUT2D eigenvalue weighted by molar-refractivity contribution is 6.44. The van der Waals surface area contributed by atoms with E-state index in [0.29, 0.717) is 132 Å². The van der Waals surface area contributed by atoms with Gasteiger partial charge in [-0.25, -0.2) is 19.9 Å². The first-order valence-corrected chi connectivity index (χ1v) is 34.0. The van der Waals surface area contributed by atoms with E-state index in [9.17, 15) is 37.1 Å². The zero-order valence-electron chi connectivity index (χ0n) is 57.1. The van der Waals surface area contributed by atoms with Crippen LogP contribution in [0.3, 0.4) is 0 Å². The van der Waals surface area contributed by atoms with Gasteiger partial charge in [-0.3, -0.25) is 39.6 Å². The summed E-state index contributed by atoms with van der Waals surface area (Å²) < 4.78 is 65.4. The highest BCUT2D eigenvalue weighted by Gasteiger charge is 2.32. The molecule has 30 nitrogen and oxygen atoms in total. The number of hydrogen-bond acceptors (Lipinski definition) is 25. The van der Waals surface area contributed by atoms with Gasteiger partial charge in [-0.1, -0.05) is 95.2 Å². The van der Waals surface area contributed by atoms with Crippen LogP contribution in [0.15, 0.2) is 193 Å². The molecule has 0 aliphatic rings. The highest BCUT2D eigenvalue weighted by atomic mass is 35.5. The number of amides is 5. The fraction of sp³-hybridized carbons (Fsp3) is 0.0972. The van der Waals surface area contributed by atoms with Gasteiger partial charge in [-0.15, -0.1) is 0 Å². The summed E-state index contributed by atoms with van der Waals surface area (Å²) in [5.74, 6) is -0.260. The van der Waals surface area contributed by atoms with E-state index >= 15 is 0 Å². The van der Waals surface area contributed by atoms with Crippen molar-refractivity contribution < 1.29 is 59.2 Å². The molecule has 15 aromatic rings.